The highest BCUT2D eigenvalue weighted by molar-refractivity contribution is 7.86. The fraction of sp³-hybridized carbons (Fsp3) is 0.174. The number of carbonyl (C=O) groups excluding carboxylic acids is 1. The molecule has 0 radical (unpaired) electrons. The van der Waals surface area contributed by atoms with Crippen molar-refractivity contribution in [3.63, 3.8) is 0 Å². The average Bonchev–Trinajstić information content (AvgIpc) is 2.77. The van der Waals surface area contributed by atoms with Crippen LogP contribution in [0.4, 0.5) is 18.9 Å². The van der Waals surface area contributed by atoms with E-state index in [0.29, 0.717) is 6.07 Å². The number of likely N-dealkylation sites (N-methyl/N-ethyl adjacent to an activating group) is 1. The number of aromatic hydroxyl groups is 1. The van der Waals surface area contributed by atoms with Crippen molar-refractivity contribution in [2.45, 2.75) is 17.9 Å². The second-order valence-corrected chi connectivity index (χ2v) is 9.33. The molecule has 0 fully saturated rings. The van der Waals surface area contributed by atoms with Gasteiger partial charge in [-0.15, -0.1) is 0 Å². The van der Waals surface area contributed by atoms with E-state index in [2.05, 4.69) is 4.72 Å². The van der Waals surface area contributed by atoms with Crippen molar-refractivity contribution in [3.05, 3.63) is 70.5 Å². The summed E-state index contributed by atoms with van der Waals surface area (Å²) >= 11 is 6.04. The minimum Gasteiger partial charge on any atom is -0.505 e. The van der Waals surface area contributed by atoms with Crippen LogP contribution >= 0.6 is 11.6 Å². The molecule has 4 rings (SSSR count). The van der Waals surface area contributed by atoms with Crippen molar-refractivity contribution in [1.82, 2.24) is 4.90 Å². The maximum absolute atomic E-state index is 14.8. The Morgan fingerprint density at radius 3 is 2.59 bits per heavy atom. The molecule has 34 heavy (non-hydrogen) atoms. The average molecular weight is 511 g/mol. The van der Waals surface area contributed by atoms with Gasteiger partial charge in [-0.25, -0.2) is 17.4 Å². The van der Waals surface area contributed by atoms with E-state index >= 15 is 0 Å². The van der Waals surface area contributed by atoms with Crippen LogP contribution in [0.1, 0.15) is 17.3 Å². The summed E-state index contributed by atoms with van der Waals surface area (Å²) in [5.41, 5.74) is -0.580. The van der Waals surface area contributed by atoms with Crippen molar-refractivity contribution in [2.24, 2.45) is 0 Å². The number of amides is 1. The lowest BCUT2D eigenvalue weighted by Gasteiger charge is -2.24. The molecule has 0 spiro atoms. The van der Waals surface area contributed by atoms with Crippen LogP contribution in [0, 0.1) is 17.5 Å². The van der Waals surface area contributed by atoms with Crippen molar-refractivity contribution >= 4 is 34.2 Å². The Labute approximate surface area is 200 Å². The van der Waals surface area contributed by atoms with Gasteiger partial charge in [0.15, 0.2) is 16.7 Å². The maximum atomic E-state index is 14.8. The number of nitrogens with one attached hydrogen (secondary N) is 1. The normalized spacial score (nSPS) is 18.3. The molecule has 178 valence electrons. The van der Waals surface area contributed by atoms with Gasteiger partial charge in [-0.3, -0.25) is 9.52 Å². The number of nitrogens with zero attached hydrogens (tertiary/aromatic N) is 1. The minimum absolute atomic E-state index is 0.00603. The van der Waals surface area contributed by atoms with Gasteiger partial charge in [-0.2, -0.15) is 0 Å². The van der Waals surface area contributed by atoms with E-state index in [1.54, 1.807) is 6.92 Å². The molecule has 11 heteroatoms. The van der Waals surface area contributed by atoms with Crippen LogP contribution in [0.15, 0.2) is 47.4 Å². The number of carbonyl (C=O) groups is 1. The summed E-state index contributed by atoms with van der Waals surface area (Å²) in [6.45, 7) is 1.73. The van der Waals surface area contributed by atoms with Gasteiger partial charge in [-0.1, -0.05) is 11.6 Å². The molecule has 1 heterocycles. The monoisotopic (exact) mass is 510 g/mol. The molecule has 0 aromatic heterocycles. The second-order valence-electron chi connectivity index (χ2n) is 7.74. The summed E-state index contributed by atoms with van der Waals surface area (Å²) in [6, 6.07) is 7.42. The summed E-state index contributed by atoms with van der Waals surface area (Å²) < 4.78 is 64.6. The molecule has 3 aromatic carbocycles. The molecule has 2 atom stereocenters. The Bertz CT molecular complexity index is 1340. The highest BCUT2D eigenvalue weighted by atomic mass is 35.5. The number of fused-ring (bicyclic) bond motifs is 6. The van der Waals surface area contributed by atoms with E-state index in [0.717, 1.165) is 18.2 Å². The lowest BCUT2D eigenvalue weighted by molar-refractivity contribution is 0.0727. The number of rotatable bonds is 0. The number of halogens is 4. The zero-order valence-electron chi connectivity index (χ0n) is 17.9. The fourth-order valence-electron chi connectivity index (χ4n) is 3.59. The van der Waals surface area contributed by atoms with Gasteiger partial charge in [-0.05, 0) is 43.3 Å². The zero-order chi connectivity index (χ0) is 24.7. The van der Waals surface area contributed by atoms with E-state index in [9.17, 15) is 27.3 Å². The Morgan fingerprint density at radius 2 is 1.85 bits per heavy atom. The smallest absolute Gasteiger partial charge is 0.253 e. The molecule has 6 nitrogen and oxygen atoms in total. The van der Waals surface area contributed by atoms with E-state index in [1.165, 1.54) is 30.1 Å². The number of hydrogen-bond acceptors (Lipinski definition) is 4. The van der Waals surface area contributed by atoms with E-state index in [-0.39, 0.29) is 38.9 Å². The maximum Gasteiger partial charge on any atom is 0.253 e. The first-order chi connectivity index (χ1) is 16.0. The van der Waals surface area contributed by atoms with Crippen molar-refractivity contribution in [1.29, 1.82) is 0 Å². The first-order valence-electron chi connectivity index (χ1n) is 9.97. The van der Waals surface area contributed by atoms with Gasteiger partial charge in [0, 0.05) is 29.8 Å². The molecular weight excluding hydrogens is 493 g/mol. The Kier molecular flexibility index (Phi) is 6.46. The van der Waals surface area contributed by atoms with Crippen LogP contribution < -0.4 is 9.46 Å². The largest absolute Gasteiger partial charge is 0.505 e. The number of phenolic OH excluding ortho intramolecular Hbond substituents is 1. The van der Waals surface area contributed by atoms with Gasteiger partial charge in [0.25, 0.3) is 5.91 Å². The summed E-state index contributed by atoms with van der Waals surface area (Å²) in [5.74, 6) is -3.74. The first kappa shape index (κ1) is 23.9. The van der Waals surface area contributed by atoms with Crippen LogP contribution in [0.5, 0.6) is 11.5 Å². The number of benzene rings is 3. The standard InChI is InChI=1S/C23H18ClF3N2O4S/c1-11-10-29(2)23(31)12-5-16(24)22(30)21(6-12)34(32)28-19-8-14(17(26)9-18(19)27)15-7-13(25)3-4-20(15)33-11/h3-9,11,28,30H,10H2,1-2H3. The molecule has 3 aromatic rings. The summed E-state index contributed by atoms with van der Waals surface area (Å²) in [7, 11) is -0.804. The Morgan fingerprint density at radius 1 is 1.12 bits per heavy atom. The van der Waals surface area contributed by atoms with E-state index in [1.807, 2.05) is 0 Å². The second kappa shape index (κ2) is 9.19. The zero-order valence-corrected chi connectivity index (χ0v) is 19.4. The van der Waals surface area contributed by atoms with Crippen LogP contribution in [0.2, 0.25) is 5.02 Å². The molecule has 1 amide bonds. The van der Waals surface area contributed by atoms with Gasteiger partial charge >= 0.3 is 0 Å². The topological polar surface area (TPSA) is 78.9 Å². The molecule has 2 unspecified atom stereocenters. The van der Waals surface area contributed by atoms with Crippen LogP contribution in [0.25, 0.3) is 11.1 Å². The molecular formula is C23H18ClF3N2O4S. The Hall–Kier alpha value is -3.24. The number of hydrogen-bond donors (Lipinski definition) is 2. The fourth-order valence-corrected chi connectivity index (χ4v) is 4.85. The third kappa shape index (κ3) is 4.55. The third-order valence-corrected chi connectivity index (χ3v) is 6.58. The van der Waals surface area contributed by atoms with Crippen LogP contribution in [-0.4, -0.2) is 39.8 Å². The SMILES string of the molecule is CC1CN(C)C(=O)c2cc(Cl)c(O)c(c2)S(=O)Nc2cc(c(F)cc2F)-c2cc(F)ccc2O1. The highest BCUT2D eigenvalue weighted by Gasteiger charge is 2.24. The van der Waals surface area contributed by atoms with Gasteiger partial charge in [0.1, 0.15) is 34.2 Å². The van der Waals surface area contributed by atoms with Crippen LogP contribution in [-0.2, 0) is 11.0 Å². The quantitative estimate of drug-likeness (QED) is 0.440. The minimum atomic E-state index is -2.30. The van der Waals surface area contributed by atoms with Gasteiger partial charge < -0.3 is 14.7 Å². The van der Waals surface area contributed by atoms with Gasteiger partial charge in [0.05, 0.1) is 17.3 Å². The molecule has 2 N–H and O–H groups in total. The lowest BCUT2D eigenvalue weighted by atomic mass is 10.0. The van der Waals surface area contributed by atoms with Crippen molar-refractivity contribution < 1.29 is 32.0 Å². The number of phenols is 1. The molecule has 0 aliphatic carbocycles. The van der Waals surface area contributed by atoms with Crippen molar-refractivity contribution in [3.8, 4) is 22.6 Å². The Balaban J connectivity index is 1.94. The molecule has 4 bridgehead atoms. The highest BCUT2D eigenvalue weighted by Crippen LogP contribution is 2.37. The molecule has 0 saturated heterocycles. The summed E-state index contributed by atoms with van der Waals surface area (Å²) in [4.78, 5) is 14.0. The molecule has 1 aliphatic heterocycles. The lowest BCUT2D eigenvalue weighted by Crippen LogP contribution is -2.35. The van der Waals surface area contributed by atoms with E-state index in [4.69, 9.17) is 16.3 Å². The van der Waals surface area contributed by atoms with Crippen LogP contribution in [0.3, 0.4) is 0 Å². The van der Waals surface area contributed by atoms with E-state index < -0.39 is 51.9 Å². The number of ether oxygens (including phenoxy) is 1. The van der Waals surface area contributed by atoms with Gasteiger partial charge in [0.2, 0.25) is 0 Å². The molecule has 1 aliphatic rings. The predicted octanol–water partition coefficient (Wildman–Crippen LogP) is 5.12. The summed E-state index contributed by atoms with van der Waals surface area (Å²) in [6.07, 6.45) is -0.620. The van der Waals surface area contributed by atoms with Crippen molar-refractivity contribution in [2.75, 3.05) is 18.3 Å². The molecule has 0 saturated carbocycles. The first-order valence-corrected chi connectivity index (χ1v) is 11.5. The number of anilines is 1. The predicted molar refractivity (Wildman–Crippen MR) is 122 cm³/mol. The third-order valence-electron chi connectivity index (χ3n) is 5.17. The summed E-state index contributed by atoms with van der Waals surface area (Å²) in [5, 5.41) is 10.1.